The lowest BCUT2D eigenvalue weighted by Gasteiger charge is -2.04. The fourth-order valence-electron chi connectivity index (χ4n) is 0.729. The van der Waals surface area contributed by atoms with E-state index >= 15 is 0 Å². The molecule has 2 radical (unpaired) electrons. The van der Waals surface area contributed by atoms with Crippen molar-refractivity contribution in [2.75, 3.05) is 39.3 Å². The number of hydrogen-bond acceptors (Lipinski definition) is 3. The molecule has 0 heterocycles. The van der Waals surface area contributed by atoms with Crippen molar-refractivity contribution >= 4 is 0 Å². The van der Waals surface area contributed by atoms with Crippen molar-refractivity contribution in [3.63, 3.8) is 0 Å². The highest BCUT2D eigenvalue weighted by Gasteiger charge is 1.84. The highest BCUT2D eigenvalue weighted by atomic mass is 15.0. The topological polar surface area (TPSA) is 36.1 Å². The molecule has 0 aliphatic rings. The van der Waals surface area contributed by atoms with E-state index in [1.54, 1.807) is 0 Å². The third-order valence-electron chi connectivity index (χ3n) is 1.31. The first kappa shape index (κ1) is 10.9. The van der Waals surface area contributed by atoms with Crippen molar-refractivity contribution in [3.8, 4) is 0 Å². The van der Waals surface area contributed by atoms with Gasteiger partial charge < -0.3 is 16.0 Å². The maximum absolute atomic E-state index is 3.67. The van der Waals surface area contributed by atoms with Gasteiger partial charge in [0.2, 0.25) is 0 Å². The number of nitrogens with one attached hydrogen (secondary N) is 3. The van der Waals surface area contributed by atoms with Gasteiger partial charge in [0.25, 0.3) is 0 Å². The Balaban J connectivity index is 2.69. The van der Waals surface area contributed by atoms with E-state index in [0.29, 0.717) is 0 Å². The fraction of sp³-hybridized carbons (Fsp3) is 0.750. The third-order valence-corrected chi connectivity index (χ3v) is 1.31. The molecule has 0 aromatic heterocycles. The Morgan fingerprint density at radius 1 is 0.636 bits per heavy atom. The molecule has 0 amide bonds. The van der Waals surface area contributed by atoms with Crippen LogP contribution in [0.25, 0.3) is 0 Å². The van der Waals surface area contributed by atoms with E-state index < -0.39 is 0 Å². The number of hydrogen-bond donors (Lipinski definition) is 3. The maximum Gasteiger partial charge on any atom is 0.00772 e. The first-order valence-corrected chi connectivity index (χ1v) is 4.12. The smallest absolute Gasteiger partial charge is 0.00772 e. The molecule has 0 saturated carbocycles. The standard InChI is InChI=1S/C8H19N3/c1-3-9-5-7-11-8-6-10-4-2/h9-11H,1-8H2. The first-order chi connectivity index (χ1) is 5.41. The van der Waals surface area contributed by atoms with Gasteiger partial charge in [-0.25, -0.2) is 0 Å². The summed E-state index contributed by atoms with van der Waals surface area (Å²) >= 11 is 0. The van der Waals surface area contributed by atoms with Crippen molar-refractivity contribution in [1.82, 2.24) is 16.0 Å². The lowest BCUT2D eigenvalue weighted by atomic mass is 10.5. The van der Waals surface area contributed by atoms with E-state index in [9.17, 15) is 0 Å². The van der Waals surface area contributed by atoms with Gasteiger partial charge in [-0.3, -0.25) is 0 Å². The summed E-state index contributed by atoms with van der Waals surface area (Å²) in [5.41, 5.74) is 0. The summed E-state index contributed by atoms with van der Waals surface area (Å²) in [6.07, 6.45) is 0. The summed E-state index contributed by atoms with van der Waals surface area (Å²) in [4.78, 5) is 0. The van der Waals surface area contributed by atoms with Gasteiger partial charge in [-0.2, -0.15) is 0 Å². The average Bonchev–Trinajstić information content (AvgIpc) is 2.03. The van der Waals surface area contributed by atoms with Crippen molar-refractivity contribution in [1.29, 1.82) is 0 Å². The van der Waals surface area contributed by atoms with E-state index in [-0.39, 0.29) is 0 Å². The van der Waals surface area contributed by atoms with Gasteiger partial charge in [-0.05, 0) is 26.9 Å². The molecule has 66 valence electrons. The molecule has 11 heavy (non-hydrogen) atoms. The lowest BCUT2D eigenvalue weighted by Crippen LogP contribution is -2.32. The zero-order valence-corrected chi connectivity index (χ0v) is 7.16. The minimum Gasteiger partial charge on any atom is -0.315 e. The zero-order chi connectivity index (χ0) is 8.36. The monoisotopic (exact) mass is 157 g/mol. The summed E-state index contributed by atoms with van der Waals surface area (Å²) in [6, 6.07) is 0. The highest BCUT2D eigenvalue weighted by molar-refractivity contribution is 4.55. The van der Waals surface area contributed by atoms with Crippen molar-refractivity contribution in [2.45, 2.75) is 0 Å². The lowest BCUT2D eigenvalue weighted by molar-refractivity contribution is 0.607. The molecule has 0 spiro atoms. The molecule has 0 aromatic carbocycles. The second kappa shape index (κ2) is 9.88. The van der Waals surface area contributed by atoms with E-state index in [1.165, 1.54) is 0 Å². The molecule has 0 aliphatic heterocycles. The van der Waals surface area contributed by atoms with Crippen LogP contribution in [0.3, 0.4) is 0 Å². The van der Waals surface area contributed by atoms with Crippen LogP contribution in [0.15, 0.2) is 0 Å². The van der Waals surface area contributed by atoms with Crippen LogP contribution in [0.1, 0.15) is 0 Å². The summed E-state index contributed by atoms with van der Waals surface area (Å²) in [5, 5.41) is 9.54. The second-order valence-electron chi connectivity index (χ2n) is 2.25. The van der Waals surface area contributed by atoms with Crippen molar-refractivity contribution < 1.29 is 0 Å². The van der Waals surface area contributed by atoms with Crippen LogP contribution < -0.4 is 16.0 Å². The molecule has 0 atom stereocenters. The molecule has 0 fully saturated rings. The summed E-state index contributed by atoms with van der Waals surface area (Å²) in [7, 11) is 0. The molecule has 0 saturated heterocycles. The van der Waals surface area contributed by atoms with Crippen LogP contribution in [-0.2, 0) is 0 Å². The normalized spacial score (nSPS) is 10.4. The minimum absolute atomic E-state index is 0.804. The summed E-state index contributed by atoms with van der Waals surface area (Å²) < 4.78 is 0. The predicted molar refractivity (Wildman–Crippen MR) is 49.3 cm³/mol. The minimum atomic E-state index is 0.804. The Morgan fingerprint density at radius 2 is 1.00 bits per heavy atom. The second-order valence-corrected chi connectivity index (χ2v) is 2.25. The van der Waals surface area contributed by atoms with Crippen LogP contribution >= 0.6 is 0 Å². The fourth-order valence-corrected chi connectivity index (χ4v) is 0.729. The van der Waals surface area contributed by atoms with Gasteiger partial charge in [0, 0.05) is 26.2 Å². The Bertz CT molecular complexity index is 58.4. The molecule has 0 unspecified atom stereocenters. The summed E-state index contributed by atoms with van der Waals surface area (Å²) in [6.45, 7) is 13.0. The molecule has 0 rings (SSSR count). The average molecular weight is 157 g/mol. The predicted octanol–water partition coefficient (Wildman–Crippen LogP) is -0.577. The van der Waals surface area contributed by atoms with Crippen LogP contribution in [0.2, 0.25) is 0 Å². The molecular formula is C8H19N3. The van der Waals surface area contributed by atoms with E-state index in [0.717, 1.165) is 39.3 Å². The molecule has 0 bridgehead atoms. The largest absolute Gasteiger partial charge is 0.315 e. The molecular weight excluding hydrogens is 138 g/mol. The third kappa shape index (κ3) is 9.88. The molecule has 3 N–H and O–H groups in total. The van der Waals surface area contributed by atoms with Crippen LogP contribution in [0, 0.1) is 13.8 Å². The van der Waals surface area contributed by atoms with E-state index in [1.807, 2.05) is 0 Å². The molecule has 3 nitrogen and oxygen atoms in total. The first-order valence-electron chi connectivity index (χ1n) is 4.12. The molecule has 0 aromatic rings. The van der Waals surface area contributed by atoms with Gasteiger partial charge in [-0.15, -0.1) is 0 Å². The van der Waals surface area contributed by atoms with Gasteiger partial charge in [-0.1, -0.05) is 0 Å². The summed E-state index contributed by atoms with van der Waals surface area (Å²) in [5.74, 6) is 0. The van der Waals surface area contributed by atoms with Crippen LogP contribution in [0.4, 0.5) is 0 Å². The Hall–Kier alpha value is -0.120. The van der Waals surface area contributed by atoms with Gasteiger partial charge in [0.15, 0.2) is 0 Å². The molecule has 3 heteroatoms. The highest BCUT2D eigenvalue weighted by Crippen LogP contribution is 1.60. The SMILES string of the molecule is [CH2]CNCCNCCNC[CH2]. The molecule has 0 aliphatic carbocycles. The van der Waals surface area contributed by atoms with Crippen LogP contribution in [-0.4, -0.2) is 39.3 Å². The Kier molecular flexibility index (Phi) is 9.77. The quantitative estimate of drug-likeness (QED) is 0.413. The van der Waals surface area contributed by atoms with Gasteiger partial charge >= 0.3 is 0 Å². The Labute approximate surface area is 69.9 Å². The van der Waals surface area contributed by atoms with Crippen molar-refractivity contribution in [3.05, 3.63) is 13.8 Å². The van der Waals surface area contributed by atoms with Crippen LogP contribution in [0.5, 0.6) is 0 Å². The van der Waals surface area contributed by atoms with E-state index in [2.05, 4.69) is 29.8 Å². The zero-order valence-electron chi connectivity index (χ0n) is 7.16. The Morgan fingerprint density at radius 3 is 1.36 bits per heavy atom. The van der Waals surface area contributed by atoms with Gasteiger partial charge in [0.1, 0.15) is 0 Å². The van der Waals surface area contributed by atoms with Gasteiger partial charge in [0.05, 0.1) is 0 Å². The maximum atomic E-state index is 3.67. The van der Waals surface area contributed by atoms with E-state index in [4.69, 9.17) is 0 Å². The van der Waals surface area contributed by atoms with Crippen molar-refractivity contribution in [2.24, 2.45) is 0 Å². The number of rotatable bonds is 8.